The van der Waals surface area contributed by atoms with Crippen LogP contribution in [-0.2, 0) is 22.9 Å². The largest absolute Gasteiger partial charge is 0.478 e. The van der Waals surface area contributed by atoms with Gasteiger partial charge in [-0.25, -0.2) is 13.2 Å². The van der Waals surface area contributed by atoms with Crippen LogP contribution in [-0.4, -0.2) is 50.6 Å². The molecule has 7 nitrogen and oxygen atoms in total. The van der Waals surface area contributed by atoms with Gasteiger partial charge in [-0.15, -0.1) is 0 Å². The maximum absolute atomic E-state index is 13.3. The van der Waals surface area contributed by atoms with E-state index in [1.807, 2.05) is 6.07 Å². The number of hydrogen-bond donors (Lipinski definition) is 3. The fourth-order valence-electron chi connectivity index (χ4n) is 4.91. The van der Waals surface area contributed by atoms with Crippen molar-refractivity contribution in [2.45, 2.75) is 56.3 Å². The Labute approximate surface area is 196 Å². The van der Waals surface area contributed by atoms with Crippen molar-refractivity contribution in [1.82, 2.24) is 4.90 Å². The Morgan fingerprint density at radius 3 is 2.48 bits per heavy atom. The number of likely N-dealkylation sites (tertiary alicyclic amines) is 1. The average molecular weight is 472 g/mol. The number of para-hydroxylation sites is 1. The van der Waals surface area contributed by atoms with Crippen molar-refractivity contribution < 1.29 is 18.3 Å². The van der Waals surface area contributed by atoms with Gasteiger partial charge >= 0.3 is 5.97 Å². The van der Waals surface area contributed by atoms with Crippen molar-refractivity contribution in [3.8, 4) is 0 Å². The molecular formula is C25H33N3O4S. The molecule has 1 fully saturated rings. The number of aromatic carboxylic acids is 1. The Hall–Kier alpha value is -2.58. The van der Waals surface area contributed by atoms with E-state index in [9.17, 15) is 18.3 Å². The lowest BCUT2D eigenvalue weighted by Gasteiger charge is -2.18. The zero-order valence-corrected chi connectivity index (χ0v) is 19.8. The van der Waals surface area contributed by atoms with Gasteiger partial charge in [0.25, 0.3) is 10.0 Å². The van der Waals surface area contributed by atoms with Gasteiger partial charge in [-0.2, -0.15) is 0 Å². The van der Waals surface area contributed by atoms with Crippen LogP contribution >= 0.6 is 0 Å². The van der Waals surface area contributed by atoms with E-state index in [1.54, 1.807) is 30.3 Å². The Morgan fingerprint density at radius 1 is 0.939 bits per heavy atom. The third-order valence-electron chi connectivity index (χ3n) is 6.58. The van der Waals surface area contributed by atoms with Crippen LogP contribution in [0.25, 0.3) is 0 Å². The summed E-state index contributed by atoms with van der Waals surface area (Å²) in [5.41, 5.74) is 2.50. The molecule has 2 aromatic carbocycles. The van der Waals surface area contributed by atoms with E-state index in [2.05, 4.69) is 14.9 Å². The lowest BCUT2D eigenvalue weighted by Crippen LogP contribution is -2.23. The van der Waals surface area contributed by atoms with Crippen LogP contribution < -0.4 is 10.0 Å². The number of benzene rings is 2. The molecule has 1 aliphatic heterocycles. The van der Waals surface area contributed by atoms with Gasteiger partial charge in [-0.3, -0.25) is 4.72 Å². The molecule has 3 N–H and O–H groups in total. The van der Waals surface area contributed by atoms with E-state index in [4.69, 9.17) is 0 Å². The molecule has 4 rings (SSSR count). The van der Waals surface area contributed by atoms with Gasteiger partial charge in [0, 0.05) is 6.54 Å². The van der Waals surface area contributed by atoms with Gasteiger partial charge in [0.05, 0.1) is 16.9 Å². The minimum absolute atomic E-state index is 0.0778. The first-order valence-corrected chi connectivity index (χ1v) is 13.4. The van der Waals surface area contributed by atoms with E-state index in [0.717, 1.165) is 62.9 Å². The van der Waals surface area contributed by atoms with E-state index in [-0.39, 0.29) is 16.1 Å². The minimum atomic E-state index is -3.97. The van der Waals surface area contributed by atoms with Crippen molar-refractivity contribution in [2.75, 3.05) is 36.2 Å². The SMILES string of the molecule is O=C(O)c1c(NS(=O)(=O)c2ccccc2NCCCN2CCCC2)ccc2c1CCCCC2. The molecule has 1 saturated heterocycles. The molecule has 0 aromatic heterocycles. The number of carbonyl (C=O) groups is 1. The summed E-state index contributed by atoms with van der Waals surface area (Å²) in [5, 5.41) is 13.2. The lowest BCUT2D eigenvalue weighted by atomic mass is 9.96. The van der Waals surface area contributed by atoms with E-state index < -0.39 is 16.0 Å². The molecule has 1 heterocycles. The van der Waals surface area contributed by atoms with Crippen LogP contribution in [0.1, 0.15) is 60.0 Å². The minimum Gasteiger partial charge on any atom is -0.478 e. The highest BCUT2D eigenvalue weighted by Crippen LogP contribution is 2.32. The highest BCUT2D eigenvalue weighted by Gasteiger charge is 2.25. The van der Waals surface area contributed by atoms with Crippen molar-refractivity contribution in [2.24, 2.45) is 0 Å². The first-order valence-electron chi connectivity index (χ1n) is 11.9. The van der Waals surface area contributed by atoms with Gasteiger partial charge in [-0.1, -0.05) is 24.6 Å². The van der Waals surface area contributed by atoms with Crippen LogP contribution in [0.15, 0.2) is 41.3 Å². The Balaban J connectivity index is 1.53. The van der Waals surface area contributed by atoms with E-state index >= 15 is 0 Å². The molecule has 0 unspecified atom stereocenters. The summed E-state index contributed by atoms with van der Waals surface area (Å²) in [7, 11) is -3.97. The third-order valence-corrected chi connectivity index (χ3v) is 8.01. The van der Waals surface area contributed by atoms with E-state index in [1.165, 1.54) is 12.8 Å². The molecule has 0 amide bonds. The number of carboxylic acids is 1. The van der Waals surface area contributed by atoms with Crippen LogP contribution in [0.5, 0.6) is 0 Å². The van der Waals surface area contributed by atoms with Crippen LogP contribution in [0.3, 0.4) is 0 Å². The molecule has 178 valence electrons. The number of rotatable bonds is 9. The van der Waals surface area contributed by atoms with Crippen LogP contribution in [0.2, 0.25) is 0 Å². The van der Waals surface area contributed by atoms with Crippen molar-refractivity contribution in [3.05, 3.63) is 53.1 Å². The predicted molar refractivity (Wildman–Crippen MR) is 131 cm³/mol. The van der Waals surface area contributed by atoms with Gasteiger partial charge in [0.15, 0.2) is 0 Å². The molecule has 0 atom stereocenters. The van der Waals surface area contributed by atoms with Gasteiger partial charge in [0.2, 0.25) is 0 Å². The molecule has 8 heteroatoms. The van der Waals surface area contributed by atoms with Gasteiger partial charge < -0.3 is 15.3 Å². The zero-order valence-electron chi connectivity index (χ0n) is 19.0. The smallest absolute Gasteiger partial charge is 0.338 e. The molecule has 1 aliphatic carbocycles. The topological polar surface area (TPSA) is 98.7 Å². The quantitative estimate of drug-likeness (QED) is 0.371. The Kier molecular flexibility index (Phi) is 7.55. The standard InChI is InChI=1S/C25H33N3O4S/c29-25(30)24-20-10-3-1-2-9-19(20)13-14-22(24)27-33(31,32)23-12-5-4-11-21(23)26-15-8-18-28-16-6-7-17-28/h4-5,11-14,26-27H,1-3,6-10,15-18H2,(H,29,30). The number of nitrogens with zero attached hydrogens (tertiary/aromatic N) is 1. The molecule has 33 heavy (non-hydrogen) atoms. The molecular weight excluding hydrogens is 438 g/mol. The summed E-state index contributed by atoms with van der Waals surface area (Å²) < 4.78 is 29.2. The summed E-state index contributed by atoms with van der Waals surface area (Å²) in [6.07, 6.45) is 7.89. The average Bonchev–Trinajstić information content (AvgIpc) is 3.20. The highest BCUT2D eigenvalue weighted by atomic mass is 32.2. The Bertz CT molecular complexity index is 1090. The number of sulfonamides is 1. The molecule has 0 saturated carbocycles. The Morgan fingerprint density at radius 2 is 1.70 bits per heavy atom. The maximum Gasteiger partial charge on any atom is 0.338 e. The summed E-state index contributed by atoms with van der Waals surface area (Å²) >= 11 is 0. The molecule has 0 bridgehead atoms. The lowest BCUT2D eigenvalue weighted by molar-refractivity contribution is 0.0696. The normalized spacial score (nSPS) is 16.7. The fraction of sp³-hybridized carbons (Fsp3) is 0.480. The first-order chi connectivity index (χ1) is 16.0. The molecule has 0 radical (unpaired) electrons. The fourth-order valence-corrected chi connectivity index (χ4v) is 6.17. The summed E-state index contributed by atoms with van der Waals surface area (Å²) in [6.45, 7) is 3.95. The zero-order chi connectivity index (χ0) is 23.3. The van der Waals surface area contributed by atoms with Crippen LogP contribution in [0, 0.1) is 0 Å². The summed E-state index contributed by atoms with van der Waals surface area (Å²) in [6, 6.07) is 10.2. The highest BCUT2D eigenvalue weighted by molar-refractivity contribution is 7.92. The van der Waals surface area contributed by atoms with E-state index in [0.29, 0.717) is 18.7 Å². The number of anilines is 2. The second-order valence-electron chi connectivity index (χ2n) is 8.92. The number of aryl methyl sites for hydroxylation is 1. The van der Waals surface area contributed by atoms with Crippen molar-refractivity contribution in [1.29, 1.82) is 0 Å². The molecule has 0 spiro atoms. The predicted octanol–water partition coefficient (Wildman–Crippen LogP) is 4.35. The third kappa shape index (κ3) is 5.68. The maximum atomic E-state index is 13.3. The second-order valence-corrected chi connectivity index (χ2v) is 10.6. The number of nitrogens with one attached hydrogen (secondary N) is 2. The number of carboxylic acid groups (broad SMARTS) is 1. The summed E-state index contributed by atoms with van der Waals surface area (Å²) in [5.74, 6) is -1.10. The van der Waals surface area contributed by atoms with Gasteiger partial charge in [0.1, 0.15) is 4.90 Å². The van der Waals surface area contributed by atoms with Gasteiger partial charge in [-0.05, 0) is 93.9 Å². The number of hydrogen-bond acceptors (Lipinski definition) is 5. The van der Waals surface area contributed by atoms with Crippen molar-refractivity contribution in [3.63, 3.8) is 0 Å². The monoisotopic (exact) mass is 471 g/mol. The molecule has 2 aromatic rings. The van der Waals surface area contributed by atoms with Crippen molar-refractivity contribution >= 4 is 27.4 Å². The molecule has 2 aliphatic rings. The summed E-state index contributed by atoms with van der Waals surface area (Å²) in [4.78, 5) is 14.7. The number of fused-ring (bicyclic) bond motifs is 1. The van der Waals surface area contributed by atoms with Crippen LogP contribution in [0.4, 0.5) is 11.4 Å². The second kappa shape index (κ2) is 10.6. The first kappa shape index (κ1) is 23.6.